The van der Waals surface area contributed by atoms with E-state index in [0.29, 0.717) is 23.9 Å². The van der Waals surface area contributed by atoms with Crippen LogP contribution in [-0.2, 0) is 33.3 Å². The smallest absolute Gasteiger partial charge is 0.306 e. The highest BCUT2D eigenvalue weighted by molar-refractivity contribution is 5.70. The molecule has 0 rings (SSSR count). The Labute approximate surface area is 519 Å². The highest BCUT2D eigenvalue weighted by atomic mass is 16.7. The molecule has 0 heterocycles. The van der Waals surface area contributed by atoms with Gasteiger partial charge in [-0.2, -0.15) is 0 Å². The number of esters is 2. The van der Waals surface area contributed by atoms with Crippen LogP contribution in [0.2, 0.25) is 0 Å². The monoisotopic (exact) mass is 1180 g/mol. The number of rotatable bonds is 65. The number of allylic oxidation sites excluding steroid dienone is 14. The molecule has 0 N–H and O–H groups in total. The van der Waals surface area contributed by atoms with E-state index in [1.54, 1.807) is 0 Å². The van der Waals surface area contributed by atoms with Crippen LogP contribution in [0.3, 0.4) is 0 Å². The number of carbonyl (C=O) groups is 3. The molecule has 0 aromatic rings. The van der Waals surface area contributed by atoms with Crippen LogP contribution in [0.5, 0.6) is 0 Å². The Morgan fingerprint density at radius 3 is 1.01 bits per heavy atom. The third kappa shape index (κ3) is 66.0. The van der Waals surface area contributed by atoms with E-state index >= 15 is 0 Å². The van der Waals surface area contributed by atoms with Crippen LogP contribution in [0.4, 0.5) is 0 Å². The number of unbranched alkanes of at least 4 members (excludes halogenated alkanes) is 36. The minimum Gasteiger partial charge on any atom is -0.545 e. The zero-order chi connectivity index (χ0) is 61.2. The molecule has 2 atom stereocenters. The first-order chi connectivity index (χ1) is 41.1. The second kappa shape index (κ2) is 65.4. The predicted octanol–water partition coefficient (Wildman–Crippen LogP) is 20.5. The third-order valence-electron chi connectivity index (χ3n) is 15.4. The van der Waals surface area contributed by atoms with E-state index < -0.39 is 24.3 Å². The fraction of sp³-hybridized carbons (Fsp3) is 0.773. The molecule has 0 aromatic carbocycles. The van der Waals surface area contributed by atoms with Gasteiger partial charge < -0.3 is 33.3 Å². The van der Waals surface area contributed by atoms with Gasteiger partial charge in [0.2, 0.25) is 0 Å². The van der Waals surface area contributed by atoms with Gasteiger partial charge in [0.1, 0.15) is 13.2 Å². The molecule has 9 nitrogen and oxygen atoms in total. The molecule has 0 aliphatic heterocycles. The summed E-state index contributed by atoms with van der Waals surface area (Å²) in [4.78, 5) is 37.5. The molecular formula is C75H133NO8. The van der Waals surface area contributed by atoms with Crippen LogP contribution in [-0.4, -0.2) is 82.3 Å². The van der Waals surface area contributed by atoms with Crippen molar-refractivity contribution in [1.29, 1.82) is 0 Å². The maximum absolute atomic E-state index is 12.9. The summed E-state index contributed by atoms with van der Waals surface area (Å²) in [6.45, 7) is 4.68. The van der Waals surface area contributed by atoms with Crippen LogP contribution in [0.1, 0.15) is 316 Å². The van der Waals surface area contributed by atoms with Crippen molar-refractivity contribution in [3.05, 3.63) is 85.1 Å². The lowest BCUT2D eigenvalue weighted by molar-refractivity contribution is -0.870. The molecule has 9 heteroatoms. The van der Waals surface area contributed by atoms with E-state index in [-0.39, 0.29) is 32.2 Å². The Kier molecular flexibility index (Phi) is 62.7. The van der Waals surface area contributed by atoms with Gasteiger partial charge >= 0.3 is 11.9 Å². The minimum atomic E-state index is -1.62. The van der Waals surface area contributed by atoms with Crippen molar-refractivity contribution in [3.63, 3.8) is 0 Å². The summed E-state index contributed by atoms with van der Waals surface area (Å²) in [5.74, 6) is -2.26. The number of carbonyl (C=O) groups excluding carboxylic acids is 3. The summed E-state index contributed by atoms with van der Waals surface area (Å²) in [6, 6.07) is 0. The fourth-order valence-electron chi connectivity index (χ4n) is 10.0. The number of hydrogen-bond donors (Lipinski definition) is 0. The maximum Gasteiger partial charge on any atom is 0.306 e. The molecular weight excluding hydrogens is 1040 g/mol. The summed E-state index contributed by atoms with van der Waals surface area (Å²) >= 11 is 0. The lowest BCUT2D eigenvalue weighted by atomic mass is 10.0. The molecule has 0 saturated carbocycles. The van der Waals surface area contributed by atoms with Crippen LogP contribution in [0.25, 0.3) is 0 Å². The van der Waals surface area contributed by atoms with Crippen molar-refractivity contribution < 1.29 is 42.9 Å². The third-order valence-corrected chi connectivity index (χ3v) is 15.4. The zero-order valence-corrected chi connectivity index (χ0v) is 55.5. The zero-order valence-electron chi connectivity index (χ0n) is 55.5. The lowest BCUT2D eigenvalue weighted by Crippen LogP contribution is -2.44. The molecule has 0 saturated heterocycles. The molecule has 486 valence electrons. The average Bonchev–Trinajstić information content (AvgIpc) is 3.52. The minimum absolute atomic E-state index is 0.148. The van der Waals surface area contributed by atoms with E-state index in [2.05, 4.69) is 98.9 Å². The van der Waals surface area contributed by atoms with Gasteiger partial charge in [0.25, 0.3) is 0 Å². The molecule has 0 aliphatic carbocycles. The number of nitrogens with zero attached hydrogens (tertiary/aromatic N) is 1. The topological polar surface area (TPSA) is 111 Å². The fourth-order valence-corrected chi connectivity index (χ4v) is 10.0. The SMILES string of the molecule is CC/C=C\C/C=C\C/C=C\C/C=C\C/C=C\C/C=C\C/C=C\CCCCCCCCCCCCCCCCCCCC(=O)OC(COC(=O)CCCCCCCCCCCCCCCCCCCCCC)COC(OCC[N+](C)(C)C)C(=O)[O-]. The van der Waals surface area contributed by atoms with Crippen LogP contribution >= 0.6 is 0 Å². The van der Waals surface area contributed by atoms with Gasteiger partial charge in [-0.15, -0.1) is 0 Å². The Morgan fingerprint density at radius 1 is 0.369 bits per heavy atom. The van der Waals surface area contributed by atoms with Gasteiger partial charge in [-0.3, -0.25) is 9.59 Å². The molecule has 0 amide bonds. The Morgan fingerprint density at radius 2 is 0.679 bits per heavy atom. The largest absolute Gasteiger partial charge is 0.545 e. The van der Waals surface area contributed by atoms with Gasteiger partial charge in [-0.25, -0.2) is 0 Å². The number of carboxylic acid groups (broad SMARTS) is 1. The van der Waals surface area contributed by atoms with Gasteiger partial charge in [-0.05, 0) is 70.6 Å². The van der Waals surface area contributed by atoms with E-state index in [1.807, 2.05) is 21.1 Å². The first-order valence-electron chi connectivity index (χ1n) is 35.2. The normalized spacial score (nSPS) is 13.2. The maximum atomic E-state index is 12.9. The standard InChI is InChI=1S/C75H133NO8/c1-6-8-10-12-14-16-18-20-22-24-26-28-29-30-31-32-33-34-35-36-37-38-39-40-41-42-43-44-45-46-48-50-52-54-56-58-60-62-64-66-73(78)84-71(70-83-75(74(79)80)81-68-67-76(3,4)5)69-82-72(77)65-63-61-59-57-55-53-51-49-47-27-25-23-21-19-17-15-13-11-9-7-2/h8,10,14,16,20,22,26,28,30-31,33-34,36-37,71,75H,6-7,9,11-13,15,17-19,21,23-25,27,29,32,35,38-70H2,1-5H3/b10-8-,16-14-,22-20-,28-26-,31-30-,34-33-,37-36-. The van der Waals surface area contributed by atoms with E-state index in [9.17, 15) is 19.5 Å². The number of likely N-dealkylation sites (N-methyl/N-ethyl adjacent to an activating group) is 1. The molecule has 2 unspecified atom stereocenters. The number of quaternary nitrogens is 1. The Hall–Kier alpha value is -3.53. The van der Waals surface area contributed by atoms with Gasteiger partial charge in [0.05, 0.1) is 40.3 Å². The second-order valence-corrected chi connectivity index (χ2v) is 24.8. The number of ether oxygens (including phenoxy) is 4. The number of hydrogen-bond acceptors (Lipinski definition) is 8. The van der Waals surface area contributed by atoms with Crippen molar-refractivity contribution in [2.24, 2.45) is 0 Å². The molecule has 0 radical (unpaired) electrons. The summed E-state index contributed by atoms with van der Waals surface area (Å²) in [5.41, 5.74) is 0. The number of carboxylic acids is 1. The summed E-state index contributed by atoms with van der Waals surface area (Å²) in [7, 11) is 5.94. The summed E-state index contributed by atoms with van der Waals surface area (Å²) < 4.78 is 22.8. The molecule has 0 spiro atoms. The predicted molar refractivity (Wildman–Crippen MR) is 357 cm³/mol. The highest BCUT2D eigenvalue weighted by Gasteiger charge is 2.22. The van der Waals surface area contributed by atoms with Crippen LogP contribution in [0, 0.1) is 0 Å². The molecule has 84 heavy (non-hydrogen) atoms. The van der Waals surface area contributed by atoms with E-state index in [1.165, 1.54) is 205 Å². The van der Waals surface area contributed by atoms with E-state index in [0.717, 1.165) is 77.0 Å². The Bertz CT molecular complexity index is 1650. The van der Waals surface area contributed by atoms with Crippen molar-refractivity contribution in [2.75, 3.05) is 47.5 Å². The van der Waals surface area contributed by atoms with Crippen LogP contribution in [0.15, 0.2) is 85.1 Å². The Balaban J connectivity index is 4.04. The van der Waals surface area contributed by atoms with E-state index in [4.69, 9.17) is 18.9 Å². The molecule has 0 aromatic heterocycles. The van der Waals surface area contributed by atoms with Crippen molar-refractivity contribution >= 4 is 17.9 Å². The highest BCUT2D eigenvalue weighted by Crippen LogP contribution is 2.18. The first kappa shape index (κ1) is 80.5. The first-order valence-corrected chi connectivity index (χ1v) is 35.2. The van der Waals surface area contributed by atoms with Crippen LogP contribution < -0.4 is 5.11 Å². The van der Waals surface area contributed by atoms with Crippen molar-refractivity contribution in [2.45, 2.75) is 328 Å². The molecule has 0 fully saturated rings. The summed E-state index contributed by atoms with van der Waals surface area (Å²) in [5, 5.41) is 11.8. The molecule has 0 aliphatic rings. The average molecular weight is 1180 g/mol. The molecule has 0 bridgehead atoms. The van der Waals surface area contributed by atoms with Crippen molar-refractivity contribution in [3.8, 4) is 0 Å². The van der Waals surface area contributed by atoms with Gasteiger partial charge in [0, 0.05) is 12.8 Å². The number of aliphatic carboxylic acids is 1. The van der Waals surface area contributed by atoms with Gasteiger partial charge in [-0.1, -0.05) is 317 Å². The van der Waals surface area contributed by atoms with Gasteiger partial charge in [0.15, 0.2) is 12.4 Å². The quantitative estimate of drug-likeness (QED) is 0.0195. The van der Waals surface area contributed by atoms with Crippen molar-refractivity contribution in [1.82, 2.24) is 0 Å². The second-order valence-electron chi connectivity index (χ2n) is 24.8. The lowest BCUT2D eigenvalue weighted by Gasteiger charge is -2.26. The summed E-state index contributed by atoms with van der Waals surface area (Å²) in [6.07, 6.45) is 85.2.